The van der Waals surface area contributed by atoms with Gasteiger partial charge in [0.1, 0.15) is 0 Å². The maximum Gasteiger partial charge on any atom is 0.0919 e. The molecule has 1 N–H and O–H groups in total. The van der Waals surface area contributed by atoms with Crippen LogP contribution in [0.2, 0.25) is 0 Å². The first kappa shape index (κ1) is 7.24. The molecule has 1 rings (SSSR count). The lowest BCUT2D eigenvalue weighted by Crippen LogP contribution is -1.44. The fraction of sp³-hybridized carbons (Fsp3) is 0. The molecule has 0 aliphatic rings. The molecule has 44 valence electrons. The number of H-pyrrole nitrogens is 1. The molecule has 0 saturated heterocycles. The predicted molar refractivity (Wildman–Crippen MR) is 34.6 cm³/mol. The van der Waals surface area contributed by atoms with Gasteiger partial charge in [-0.3, -0.25) is 0 Å². The van der Waals surface area contributed by atoms with Gasteiger partial charge in [-0.1, -0.05) is 18.2 Å². The molecular weight excluding hydrogens is 124 g/mol. The number of aromatic nitrogens is 2. The highest BCUT2D eigenvalue weighted by Gasteiger charge is 1.56. The van der Waals surface area contributed by atoms with Crippen molar-refractivity contribution in [2.45, 2.75) is 0 Å². The summed E-state index contributed by atoms with van der Waals surface area (Å²) in [6.45, 7) is 3.13. The van der Waals surface area contributed by atoms with Crippen LogP contribution in [0.3, 0.4) is 0 Å². The minimum absolute atomic E-state index is 1.22. The van der Waals surface area contributed by atoms with Gasteiger partial charge in [-0.15, -0.1) is 0 Å². The first-order valence-corrected chi connectivity index (χ1v) is 2.49. The van der Waals surface area contributed by atoms with Crippen LogP contribution in [0.1, 0.15) is 0 Å². The fourth-order valence-electron chi connectivity index (χ4n) is 0.215. The van der Waals surface area contributed by atoms with Crippen LogP contribution in [0, 0.1) is 0 Å². The van der Waals surface area contributed by atoms with Gasteiger partial charge >= 0.3 is 0 Å². The Morgan fingerprint density at radius 3 is 2.50 bits per heavy atom. The van der Waals surface area contributed by atoms with Crippen LogP contribution in [0.5, 0.6) is 0 Å². The Balaban J connectivity index is 0.000000145. The molecule has 0 unspecified atom stereocenters. The fourth-order valence-corrected chi connectivity index (χ4v) is 0.215. The molecule has 0 amide bonds. The van der Waals surface area contributed by atoms with Gasteiger partial charge in [0.15, 0.2) is 0 Å². The molecule has 0 aliphatic carbocycles. The molecule has 3 heteroatoms. The van der Waals surface area contributed by atoms with Gasteiger partial charge in [0.25, 0.3) is 0 Å². The Morgan fingerprint density at radius 2 is 2.38 bits per heavy atom. The van der Waals surface area contributed by atoms with Crippen molar-refractivity contribution >= 4 is 11.6 Å². The number of hydrogen-bond donors (Lipinski definition) is 1. The smallest absolute Gasteiger partial charge is 0.0919 e. The van der Waals surface area contributed by atoms with Crippen LogP contribution >= 0.6 is 11.6 Å². The molecule has 2 nitrogen and oxygen atoms in total. The number of hydrogen-bond acceptors (Lipinski definition) is 1. The van der Waals surface area contributed by atoms with Crippen LogP contribution in [0.15, 0.2) is 30.8 Å². The van der Waals surface area contributed by atoms with Crippen molar-refractivity contribution < 1.29 is 0 Å². The standard InChI is InChI=1S/C3H4N2.C2H3Cl/c1-2-5-3-4-1;1-2-3/h1-3H,(H,4,5);2H,1H2. The summed E-state index contributed by atoms with van der Waals surface area (Å²) in [4.78, 5) is 6.42. The minimum atomic E-state index is 1.22. The van der Waals surface area contributed by atoms with E-state index in [4.69, 9.17) is 11.6 Å². The second-order valence-corrected chi connectivity index (χ2v) is 1.22. The van der Waals surface area contributed by atoms with E-state index in [1.807, 2.05) is 0 Å². The molecule has 0 spiro atoms. The highest BCUT2D eigenvalue weighted by molar-refractivity contribution is 6.25. The van der Waals surface area contributed by atoms with Crippen molar-refractivity contribution in [3.8, 4) is 0 Å². The molecule has 1 aromatic rings. The molecule has 0 saturated carbocycles. The molecule has 0 radical (unpaired) electrons. The van der Waals surface area contributed by atoms with Crippen LogP contribution < -0.4 is 0 Å². The number of imidazole rings is 1. The summed E-state index contributed by atoms with van der Waals surface area (Å²) in [5, 5.41) is 0. The molecule has 0 aliphatic heterocycles. The number of halogens is 1. The van der Waals surface area contributed by atoms with Gasteiger partial charge in [0, 0.05) is 12.4 Å². The van der Waals surface area contributed by atoms with E-state index in [1.54, 1.807) is 18.7 Å². The molecular formula is C5H7ClN2. The van der Waals surface area contributed by atoms with Gasteiger partial charge in [-0.05, 0) is 5.54 Å². The lowest BCUT2D eigenvalue weighted by atomic mass is 11.0. The summed E-state index contributed by atoms with van der Waals surface area (Å²) < 4.78 is 0. The SMILES string of the molecule is C=CCl.c1c[nH]cn1. The number of nitrogens with zero attached hydrogens (tertiary/aromatic N) is 1. The second-order valence-electron chi connectivity index (χ2n) is 0.915. The predicted octanol–water partition coefficient (Wildman–Crippen LogP) is 1.78. The van der Waals surface area contributed by atoms with E-state index in [0.717, 1.165) is 0 Å². The van der Waals surface area contributed by atoms with E-state index in [2.05, 4.69) is 16.5 Å². The lowest BCUT2D eigenvalue weighted by Gasteiger charge is -1.46. The zero-order chi connectivity index (χ0) is 6.24. The maximum absolute atomic E-state index is 4.76. The summed E-state index contributed by atoms with van der Waals surface area (Å²) >= 11 is 4.76. The average Bonchev–Trinajstić information content (AvgIpc) is 2.17. The third-order valence-corrected chi connectivity index (χ3v) is 0.406. The Hall–Kier alpha value is -0.760. The van der Waals surface area contributed by atoms with Gasteiger partial charge in [-0.2, -0.15) is 0 Å². The van der Waals surface area contributed by atoms with Crippen LogP contribution in [0.4, 0.5) is 0 Å². The first-order chi connectivity index (χ1) is 3.91. The third kappa shape index (κ3) is 5.24. The molecule has 0 fully saturated rings. The van der Waals surface area contributed by atoms with Crippen molar-refractivity contribution in [2.75, 3.05) is 0 Å². The van der Waals surface area contributed by atoms with Crippen molar-refractivity contribution in [1.82, 2.24) is 9.97 Å². The van der Waals surface area contributed by atoms with Gasteiger partial charge in [0.2, 0.25) is 0 Å². The number of rotatable bonds is 0. The van der Waals surface area contributed by atoms with Gasteiger partial charge in [0.05, 0.1) is 6.33 Å². The minimum Gasteiger partial charge on any atom is -0.351 e. The zero-order valence-electron chi connectivity index (χ0n) is 4.34. The number of aromatic amines is 1. The van der Waals surface area contributed by atoms with Gasteiger partial charge in [-0.25, -0.2) is 4.98 Å². The Bertz CT molecular complexity index is 96.8. The largest absolute Gasteiger partial charge is 0.351 e. The molecule has 8 heavy (non-hydrogen) atoms. The van der Waals surface area contributed by atoms with E-state index in [1.165, 1.54) is 5.54 Å². The summed E-state index contributed by atoms with van der Waals surface area (Å²) in [5.74, 6) is 0. The average molecular weight is 131 g/mol. The molecule has 1 heterocycles. The molecule has 0 bridgehead atoms. The monoisotopic (exact) mass is 130 g/mol. The summed E-state index contributed by atoms with van der Waals surface area (Å²) in [6, 6.07) is 0. The second kappa shape index (κ2) is 6.24. The zero-order valence-corrected chi connectivity index (χ0v) is 5.10. The molecule has 0 atom stereocenters. The van der Waals surface area contributed by atoms with Crippen molar-refractivity contribution in [1.29, 1.82) is 0 Å². The van der Waals surface area contributed by atoms with E-state index in [-0.39, 0.29) is 0 Å². The van der Waals surface area contributed by atoms with Crippen LogP contribution in [-0.2, 0) is 0 Å². The van der Waals surface area contributed by atoms with Gasteiger partial charge < -0.3 is 4.98 Å². The van der Waals surface area contributed by atoms with Crippen molar-refractivity contribution in [2.24, 2.45) is 0 Å². The molecule has 0 aromatic carbocycles. The quantitative estimate of drug-likeness (QED) is 0.570. The van der Waals surface area contributed by atoms with Crippen molar-refractivity contribution in [3.63, 3.8) is 0 Å². The Kier molecular flexibility index (Phi) is 5.65. The van der Waals surface area contributed by atoms with E-state index >= 15 is 0 Å². The topological polar surface area (TPSA) is 28.7 Å². The van der Waals surface area contributed by atoms with Crippen LogP contribution in [0.25, 0.3) is 0 Å². The van der Waals surface area contributed by atoms with E-state index in [9.17, 15) is 0 Å². The maximum atomic E-state index is 4.76. The lowest BCUT2D eigenvalue weighted by molar-refractivity contribution is 1.31. The van der Waals surface area contributed by atoms with E-state index in [0.29, 0.717) is 0 Å². The van der Waals surface area contributed by atoms with Crippen molar-refractivity contribution in [3.05, 3.63) is 30.8 Å². The molecule has 1 aromatic heterocycles. The number of nitrogens with one attached hydrogen (secondary N) is 1. The normalized spacial score (nSPS) is 6.62. The van der Waals surface area contributed by atoms with E-state index < -0.39 is 0 Å². The summed E-state index contributed by atoms with van der Waals surface area (Å²) in [6.07, 6.45) is 5.08. The first-order valence-electron chi connectivity index (χ1n) is 2.05. The summed E-state index contributed by atoms with van der Waals surface area (Å²) in [7, 11) is 0. The Morgan fingerprint density at radius 1 is 1.75 bits per heavy atom. The highest BCUT2D eigenvalue weighted by Crippen LogP contribution is 1.62. The Labute approximate surface area is 53.2 Å². The third-order valence-electron chi connectivity index (χ3n) is 0.406. The highest BCUT2D eigenvalue weighted by atomic mass is 35.5. The summed E-state index contributed by atoms with van der Waals surface area (Å²) in [5.41, 5.74) is 1.22. The van der Waals surface area contributed by atoms with Crippen LogP contribution in [-0.4, -0.2) is 9.97 Å².